The fourth-order valence-electron chi connectivity index (χ4n) is 2.05. The number of ether oxygens (including phenoxy) is 1. The number of carbonyl (C=O) groups excluding carboxylic acids is 1. The van der Waals surface area contributed by atoms with Gasteiger partial charge in [0.2, 0.25) is 0 Å². The molecule has 0 aromatic heterocycles. The molecule has 0 saturated carbocycles. The highest BCUT2D eigenvalue weighted by Gasteiger charge is 2.10. The van der Waals surface area contributed by atoms with Gasteiger partial charge in [-0.25, -0.2) is 9.18 Å². The molecular formula is C17H24FNO3. The van der Waals surface area contributed by atoms with E-state index in [1.54, 1.807) is 0 Å². The maximum absolute atomic E-state index is 13.7. The van der Waals surface area contributed by atoms with Crippen LogP contribution in [0.1, 0.15) is 25.8 Å². The van der Waals surface area contributed by atoms with Crippen molar-refractivity contribution in [2.75, 3.05) is 13.2 Å². The number of aliphatic hydroxyl groups excluding tert-OH is 1. The summed E-state index contributed by atoms with van der Waals surface area (Å²) in [5.41, 5.74) is 0.867. The normalized spacial score (nSPS) is 13.0. The van der Waals surface area contributed by atoms with Crippen molar-refractivity contribution >= 4 is 6.09 Å². The summed E-state index contributed by atoms with van der Waals surface area (Å²) in [6, 6.07) is 9.25. The maximum Gasteiger partial charge on any atom is 0.407 e. The molecule has 0 spiro atoms. The van der Waals surface area contributed by atoms with E-state index in [1.807, 2.05) is 44.2 Å². The zero-order chi connectivity index (χ0) is 16.4. The molecule has 1 amide bonds. The molecule has 0 radical (unpaired) electrons. The second-order valence-electron chi connectivity index (χ2n) is 5.60. The largest absolute Gasteiger partial charge is 0.445 e. The predicted octanol–water partition coefficient (Wildman–Crippen LogP) is 3.42. The van der Waals surface area contributed by atoms with Gasteiger partial charge in [0.15, 0.2) is 0 Å². The molecule has 0 aliphatic rings. The molecule has 0 aliphatic carbocycles. The van der Waals surface area contributed by atoms with Gasteiger partial charge in [-0.3, -0.25) is 0 Å². The lowest BCUT2D eigenvalue weighted by Crippen LogP contribution is -2.26. The number of halogens is 1. The minimum Gasteiger partial charge on any atom is -0.445 e. The lowest BCUT2D eigenvalue weighted by molar-refractivity contribution is 0.140. The molecule has 1 aromatic rings. The molecule has 0 saturated heterocycles. The first kappa shape index (κ1) is 18.2. The zero-order valence-corrected chi connectivity index (χ0v) is 13.1. The minimum absolute atomic E-state index is 0.107. The van der Waals surface area contributed by atoms with Crippen molar-refractivity contribution in [1.82, 2.24) is 5.32 Å². The molecule has 0 heterocycles. The molecule has 22 heavy (non-hydrogen) atoms. The number of amides is 1. The Morgan fingerprint density at radius 2 is 2.05 bits per heavy atom. The molecule has 4 nitrogen and oxygen atoms in total. The fraction of sp³-hybridized carbons (Fsp3) is 0.471. The summed E-state index contributed by atoms with van der Waals surface area (Å²) in [5, 5.41) is 11.5. The van der Waals surface area contributed by atoms with Crippen molar-refractivity contribution in [1.29, 1.82) is 0 Å². The van der Waals surface area contributed by atoms with Crippen LogP contribution < -0.4 is 5.32 Å². The van der Waals surface area contributed by atoms with Gasteiger partial charge in [0.25, 0.3) is 0 Å². The molecule has 0 aliphatic heterocycles. The van der Waals surface area contributed by atoms with Gasteiger partial charge in [-0.15, -0.1) is 0 Å². The van der Waals surface area contributed by atoms with Gasteiger partial charge in [0.1, 0.15) is 12.4 Å². The number of hydrogen-bond acceptors (Lipinski definition) is 3. The monoisotopic (exact) mass is 309 g/mol. The molecule has 0 unspecified atom stereocenters. The topological polar surface area (TPSA) is 58.6 Å². The number of aliphatic hydroxyl groups is 1. The summed E-state index contributed by atoms with van der Waals surface area (Å²) in [6.07, 6.45) is 1.39. The summed E-state index contributed by atoms with van der Waals surface area (Å²) in [6.45, 7) is 3.82. The first-order valence-corrected chi connectivity index (χ1v) is 7.42. The lowest BCUT2D eigenvalue weighted by Gasteiger charge is -2.12. The number of alkyl carbamates (subject to hydrolysis) is 1. The summed E-state index contributed by atoms with van der Waals surface area (Å²) in [4.78, 5) is 11.5. The van der Waals surface area contributed by atoms with Crippen molar-refractivity contribution in [2.45, 2.75) is 26.9 Å². The van der Waals surface area contributed by atoms with E-state index in [9.17, 15) is 14.3 Å². The van der Waals surface area contributed by atoms with Crippen LogP contribution in [0.2, 0.25) is 0 Å². The van der Waals surface area contributed by atoms with E-state index in [1.165, 1.54) is 6.08 Å². The molecule has 1 atom stereocenters. The molecule has 122 valence electrons. The molecule has 1 rings (SSSR count). The minimum atomic E-state index is -0.670. The van der Waals surface area contributed by atoms with E-state index in [0.717, 1.165) is 5.56 Å². The number of nitrogens with one attached hydrogen (secondary N) is 1. The second kappa shape index (κ2) is 9.95. The Bertz CT molecular complexity index is 474. The molecule has 0 fully saturated rings. The highest BCUT2D eigenvalue weighted by atomic mass is 19.1. The van der Waals surface area contributed by atoms with E-state index >= 15 is 0 Å². The average molecular weight is 309 g/mol. The summed E-state index contributed by atoms with van der Waals surface area (Å²) < 4.78 is 18.7. The summed E-state index contributed by atoms with van der Waals surface area (Å²) >= 11 is 0. The van der Waals surface area contributed by atoms with Crippen LogP contribution in [-0.2, 0) is 11.3 Å². The van der Waals surface area contributed by atoms with E-state index < -0.39 is 11.9 Å². The number of rotatable bonds is 8. The lowest BCUT2D eigenvalue weighted by atomic mass is 9.97. The average Bonchev–Trinajstić information content (AvgIpc) is 2.50. The second-order valence-corrected chi connectivity index (χ2v) is 5.60. The highest BCUT2D eigenvalue weighted by molar-refractivity contribution is 5.67. The molecular weight excluding hydrogens is 285 g/mol. The Morgan fingerprint density at radius 1 is 1.36 bits per heavy atom. The van der Waals surface area contributed by atoms with Crippen LogP contribution in [0.5, 0.6) is 0 Å². The highest BCUT2D eigenvalue weighted by Crippen LogP contribution is 2.14. The first-order valence-electron chi connectivity index (χ1n) is 7.42. The van der Waals surface area contributed by atoms with Crippen molar-refractivity contribution in [2.24, 2.45) is 11.8 Å². The number of benzene rings is 1. The third-order valence-corrected chi connectivity index (χ3v) is 3.04. The van der Waals surface area contributed by atoms with Crippen molar-refractivity contribution in [3.8, 4) is 0 Å². The van der Waals surface area contributed by atoms with Crippen LogP contribution in [0.4, 0.5) is 9.18 Å². The van der Waals surface area contributed by atoms with Crippen molar-refractivity contribution in [3.05, 3.63) is 47.8 Å². The Hall–Kier alpha value is -1.88. The molecule has 5 heteroatoms. The summed E-state index contributed by atoms with van der Waals surface area (Å²) in [7, 11) is 0. The number of carbonyl (C=O) groups is 1. The maximum atomic E-state index is 13.7. The molecule has 2 N–H and O–H groups in total. The Balaban J connectivity index is 2.33. The number of hydrogen-bond donors (Lipinski definition) is 2. The van der Waals surface area contributed by atoms with Crippen LogP contribution in [0, 0.1) is 11.8 Å². The standard InChI is InChI=1S/C17H24FNO3/c1-13(2)8-15(11-20)9-16(18)10-19-17(21)22-12-14-6-4-3-5-7-14/h3-7,9,13,15,20H,8,10-12H2,1-2H3,(H,19,21)/b16-9-/t15-/m1/s1. The summed E-state index contributed by atoms with van der Waals surface area (Å²) in [5.74, 6) is -0.344. The van der Waals surface area contributed by atoms with Gasteiger partial charge in [0.05, 0.1) is 6.54 Å². The van der Waals surface area contributed by atoms with E-state index in [-0.39, 0.29) is 25.7 Å². The van der Waals surface area contributed by atoms with Gasteiger partial charge >= 0.3 is 6.09 Å². The SMILES string of the molecule is CC(C)C[C@H](/C=C(\F)CNC(=O)OCc1ccccc1)CO. The van der Waals surface area contributed by atoms with E-state index in [0.29, 0.717) is 12.3 Å². The van der Waals surface area contributed by atoms with E-state index in [4.69, 9.17) is 4.74 Å². The van der Waals surface area contributed by atoms with Gasteiger partial charge in [-0.1, -0.05) is 44.2 Å². The van der Waals surface area contributed by atoms with Gasteiger partial charge in [-0.05, 0) is 24.0 Å². The predicted molar refractivity (Wildman–Crippen MR) is 83.9 cm³/mol. The van der Waals surface area contributed by atoms with Gasteiger partial charge < -0.3 is 15.2 Å². The van der Waals surface area contributed by atoms with Gasteiger partial charge in [0, 0.05) is 12.5 Å². The smallest absolute Gasteiger partial charge is 0.407 e. The van der Waals surface area contributed by atoms with Crippen molar-refractivity contribution in [3.63, 3.8) is 0 Å². The quantitative estimate of drug-likeness (QED) is 0.773. The zero-order valence-electron chi connectivity index (χ0n) is 13.1. The third-order valence-electron chi connectivity index (χ3n) is 3.04. The van der Waals surface area contributed by atoms with Crippen molar-refractivity contribution < 1.29 is 19.0 Å². The Labute approximate surface area is 131 Å². The molecule has 1 aromatic carbocycles. The fourth-order valence-corrected chi connectivity index (χ4v) is 2.05. The first-order chi connectivity index (χ1) is 10.5. The van der Waals surface area contributed by atoms with Gasteiger partial charge in [-0.2, -0.15) is 0 Å². The Kier molecular flexibility index (Phi) is 8.22. The third kappa shape index (κ3) is 7.78. The van der Waals surface area contributed by atoms with Crippen LogP contribution in [0.3, 0.4) is 0 Å². The van der Waals surface area contributed by atoms with Crippen LogP contribution >= 0.6 is 0 Å². The van der Waals surface area contributed by atoms with E-state index in [2.05, 4.69) is 5.32 Å². The van der Waals surface area contributed by atoms with Crippen LogP contribution in [-0.4, -0.2) is 24.4 Å². The van der Waals surface area contributed by atoms with Crippen LogP contribution in [0.25, 0.3) is 0 Å². The Morgan fingerprint density at radius 3 is 2.64 bits per heavy atom. The molecule has 0 bridgehead atoms. The van der Waals surface area contributed by atoms with Crippen LogP contribution in [0.15, 0.2) is 42.2 Å².